The molecule has 0 radical (unpaired) electrons. The highest BCUT2D eigenvalue weighted by molar-refractivity contribution is 5.89. The van der Waals surface area contributed by atoms with Crippen molar-refractivity contribution >= 4 is 17.7 Å². The first kappa shape index (κ1) is 19.3. The Morgan fingerprint density at radius 2 is 1.70 bits per heavy atom. The first-order chi connectivity index (χ1) is 13.1. The van der Waals surface area contributed by atoms with Crippen LogP contribution in [0.5, 0.6) is 5.75 Å². The number of piperidine rings is 1. The molecule has 1 aromatic carbocycles. The summed E-state index contributed by atoms with van der Waals surface area (Å²) in [6.45, 7) is 2.78. The van der Waals surface area contributed by atoms with E-state index in [1.807, 2.05) is 4.90 Å². The first-order valence-corrected chi connectivity index (χ1v) is 9.98. The largest absolute Gasteiger partial charge is 0.508 e. The summed E-state index contributed by atoms with van der Waals surface area (Å²) in [7, 11) is 0. The van der Waals surface area contributed by atoms with Crippen molar-refractivity contribution < 1.29 is 14.7 Å². The van der Waals surface area contributed by atoms with Crippen LogP contribution in [0.4, 0.5) is 15.3 Å². The van der Waals surface area contributed by atoms with Gasteiger partial charge < -0.3 is 26.0 Å². The van der Waals surface area contributed by atoms with Gasteiger partial charge in [-0.3, -0.25) is 0 Å². The van der Waals surface area contributed by atoms with Gasteiger partial charge in [0.25, 0.3) is 0 Å². The number of carbonyl (C=O) groups excluding carboxylic acids is 2. The fraction of sp³-hybridized carbons (Fsp3) is 0.600. The van der Waals surface area contributed by atoms with Crippen molar-refractivity contribution in [3.05, 3.63) is 24.3 Å². The lowest BCUT2D eigenvalue weighted by molar-refractivity contribution is 0.102. The van der Waals surface area contributed by atoms with Crippen LogP contribution in [0.15, 0.2) is 24.3 Å². The van der Waals surface area contributed by atoms with Crippen molar-refractivity contribution in [1.82, 2.24) is 15.5 Å². The number of amides is 4. The number of fused-ring (bicyclic) bond motifs is 1. The molecular weight excluding hydrogens is 344 g/mol. The van der Waals surface area contributed by atoms with Crippen LogP contribution in [0, 0.1) is 11.8 Å². The molecule has 0 bridgehead atoms. The third-order valence-electron chi connectivity index (χ3n) is 5.62. The molecule has 2 fully saturated rings. The van der Waals surface area contributed by atoms with Crippen LogP contribution in [0.3, 0.4) is 0 Å². The number of nitrogens with zero attached hydrogens (tertiary/aromatic N) is 1. The predicted molar refractivity (Wildman–Crippen MR) is 105 cm³/mol. The Morgan fingerprint density at radius 1 is 1.00 bits per heavy atom. The maximum Gasteiger partial charge on any atom is 0.319 e. The summed E-state index contributed by atoms with van der Waals surface area (Å²) >= 11 is 0. The number of likely N-dealkylation sites (tertiary alicyclic amines) is 1. The fourth-order valence-electron chi connectivity index (χ4n) is 4.10. The molecule has 0 aromatic heterocycles. The molecule has 2 unspecified atom stereocenters. The summed E-state index contributed by atoms with van der Waals surface area (Å²) in [5.74, 6) is 1.66. The molecule has 2 atom stereocenters. The summed E-state index contributed by atoms with van der Waals surface area (Å²) in [6.07, 6.45) is 7.05. The first-order valence-electron chi connectivity index (χ1n) is 9.98. The van der Waals surface area contributed by atoms with Crippen LogP contribution in [0.25, 0.3) is 0 Å². The Kier molecular flexibility index (Phi) is 6.79. The van der Waals surface area contributed by atoms with Crippen molar-refractivity contribution in [2.75, 3.05) is 31.5 Å². The lowest BCUT2D eigenvalue weighted by atomic mass is 9.75. The summed E-state index contributed by atoms with van der Waals surface area (Å²) in [6, 6.07) is 6.01. The van der Waals surface area contributed by atoms with E-state index >= 15 is 0 Å². The van der Waals surface area contributed by atoms with Crippen LogP contribution in [0.1, 0.15) is 38.5 Å². The average Bonchev–Trinajstić information content (AvgIpc) is 2.69. The molecule has 1 saturated carbocycles. The van der Waals surface area contributed by atoms with Gasteiger partial charge in [0.15, 0.2) is 0 Å². The monoisotopic (exact) mass is 374 g/mol. The van der Waals surface area contributed by atoms with E-state index in [0.29, 0.717) is 31.1 Å². The lowest BCUT2D eigenvalue weighted by Gasteiger charge is -2.41. The lowest BCUT2D eigenvalue weighted by Crippen LogP contribution is -2.49. The van der Waals surface area contributed by atoms with Crippen molar-refractivity contribution in [2.24, 2.45) is 11.8 Å². The zero-order valence-corrected chi connectivity index (χ0v) is 15.7. The quantitative estimate of drug-likeness (QED) is 0.471. The van der Waals surface area contributed by atoms with Gasteiger partial charge in [-0.05, 0) is 55.4 Å². The van der Waals surface area contributed by atoms with Gasteiger partial charge in [-0.2, -0.15) is 0 Å². The molecule has 0 spiro atoms. The van der Waals surface area contributed by atoms with Crippen molar-refractivity contribution in [1.29, 1.82) is 0 Å². The number of rotatable bonds is 5. The van der Waals surface area contributed by atoms with Gasteiger partial charge >= 0.3 is 12.1 Å². The van der Waals surface area contributed by atoms with Gasteiger partial charge in [0.05, 0.1) is 0 Å². The van der Waals surface area contributed by atoms with Gasteiger partial charge in [-0.25, -0.2) is 9.59 Å². The smallest absolute Gasteiger partial charge is 0.319 e. The molecular formula is C20H30N4O3. The Morgan fingerprint density at radius 3 is 2.48 bits per heavy atom. The number of nitrogens with one attached hydrogen (secondary N) is 3. The molecule has 7 nitrogen and oxygen atoms in total. The second kappa shape index (κ2) is 9.48. The predicted octanol–water partition coefficient (Wildman–Crippen LogP) is 3.13. The summed E-state index contributed by atoms with van der Waals surface area (Å²) in [5.41, 5.74) is 0.615. The van der Waals surface area contributed by atoms with E-state index in [-0.39, 0.29) is 17.8 Å². The Bertz CT molecular complexity index is 635. The number of benzene rings is 1. The molecule has 2 aliphatic rings. The average molecular weight is 374 g/mol. The van der Waals surface area contributed by atoms with Crippen molar-refractivity contribution in [3.8, 4) is 5.75 Å². The number of urea groups is 2. The van der Waals surface area contributed by atoms with E-state index in [4.69, 9.17) is 0 Å². The third kappa shape index (κ3) is 5.77. The molecule has 1 aliphatic heterocycles. The molecule has 1 aliphatic carbocycles. The van der Waals surface area contributed by atoms with Gasteiger partial charge in [0.1, 0.15) is 5.75 Å². The number of phenolic OH excluding ortho intramolecular Hbond substituents is 1. The number of aromatic hydroxyl groups is 1. The van der Waals surface area contributed by atoms with Gasteiger partial charge in [0, 0.05) is 31.9 Å². The van der Waals surface area contributed by atoms with E-state index in [9.17, 15) is 14.7 Å². The van der Waals surface area contributed by atoms with E-state index < -0.39 is 0 Å². The van der Waals surface area contributed by atoms with Crippen LogP contribution >= 0.6 is 0 Å². The number of anilines is 1. The molecule has 4 N–H and O–H groups in total. The number of hydrogen-bond donors (Lipinski definition) is 4. The van der Waals surface area contributed by atoms with Gasteiger partial charge in [-0.15, -0.1) is 0 Å². The van der Waals surface area contributed by atoms with Gasteiger partial charge in [0.2, 0.25) is 0 Å². The second-order valence-corrected chi connectivity index (χ2v) is 7.55. The summed E-state index contributed by atoms with van der Waals surface area (Å²) in [4.78, 5) is 26.1. The molecule has 4 amide bonds. The minimum Gasteiger partial charge on any atom is -0.508 e. The minimum atomic E-state index is -0.300. The summed E-state index contributed by atoms with van der Waals surface area (Å²) < 4.78 is 0. The number of phenols is 1. The Hall–Kier alpha value is -2.44. The number of hydrogen-bond acceptors (Lipinski definition) is 3. The standard InChI is InChI=1S/C20H30N4O3/c25-18-8-6-17(7-9-18)23-19(26)21-11-3-12-22-20(27)24-13-10-15-4-1-2-5-16(15)14-24/h6-9,15-16,25H,1-5,10-14H2,(H,22,27)(H2,21,23,26). The minimum absolute atomic E-state index is 0.0209. The molecule has 1 aromatic rings. The molecule has 3 rings (SSSR count). The molecule has 1 saturated heterocycles. The molecule has 1 heterocycles. The topological polar surface area (TPSA) is 93.7 Å². The second-order valence-electron chi connectivity index (χ2n) is 7.55. The third-order valence-corrected chi connectivity index (χ3v) is 5.62. The maximum absolute atomic E-state index is 12.3. The summed E-state index contributed by atoms with van der Waals surface area (Å²) in [5, 5.41) is 17.6. The highest BCUT2D eigenvalue weighted by atomic mass is 16.3. The molecule has 148 valence electrons. The van der Waals surface area contributed by atoms with Crippen molar-refractivity contribution in [3.63, 3.8) is 0 Å². The van der Waals surface area contributed by atoms with Crippen LogP contribution in [-0.2, 0) is 0 Å². The fourth-order valence-corrected chi connectivity index (χ4v) is 4.10. The van der Waals surface area contributed by atoms with E-state index in [0.717, 1.165) is 25.4 Å². The van der Waals surface area contributed by atoms with Crippen LogP contribution in [-0.4, -0.2) is 48.2 Å². The van der Waals surface area contributed by atoms with E-state index in [1.54, 1.807) is 12.1 Å². The normalized spacial score (nSPS) is 21.9. The maximum atomic E-state index is 12.3. The highest BCUT2D eigenvalue weighted by Gasteiger charge is 2.32. The Labute approximate surface area is 160 Å². The Balaban J connectivity index is 1.28. The van der Waals surface area contributed by atoms with E-state index in [2.05, 4.69) is 16.0 Å². The van der Waals surface area contributed by atoms with Crippen LogP contribution < -0.4 is 16.0 Å². The van der Waals surface area contributed by atoms with Crippen LogP contribution in [0.2, 0.25) is 0 Å². The zero-order valence-electron chi connectivity index (χ0n) is 15.7. The molecule has 27 heavy (non-hydrogen) atoms. The zero-order chi connectivity index (χ0) is 19.1. The number of carbonyl (C=O) groups is 2. The SMILES string of the molecule is O=C(NCCCNC(=O)N1CCC2CCCCC2C1)Nc1ccc(O)cc1. The van der Waals surface area contributed by atoms with Crippen molar-refractivity contribution in [2.45, 2.75) is 38.5 Å². The highest BCUT2D eigenvalue weighted by Crippen LogP contribution is 2.35. The van der Waals surface area contributed by atoms with Gasteiger partial charge in [-0.1, -0.05) is 19.3 Å². The molecule has 7 heteroatoms. The van der Waals surface area contributed by atoms with E-state index in [1.165, 1.54) is 37.8 Å².